The summed E-state index contributed by atoms with van der Waals surface area (Å²) in [7, 11) is 0. The van der Waals surface area contributed by atoms with E-state index in [1.54, 1.807) is 0 Å². The Kier molecular flexibility index (Phi) is 21.6. The molecule has 14 rings (SSSR count). The Bertz CT molecular complexity index is 3990. The molecule has 5 atom stereocenters. The van der Waals surface area contributed by atoms with Crippen molar-refractivity contribution in [3.05, 3.63) is 338 Å². The first-order chi connectivity index (χ1) is 45.5. The number of hydrogen-bond acceptors (Lipinski definition) is 6. The van der Waals surface area contributed by atoms with Crippen LogP contribution < -0.4 is 0 Å². The monoisotopic (exact) mass is 1570 g/mol. The molecule has 0 aliphatic heterocycles. The van der Waals surface area contributed by atoms with Crippen molar-refractivity contribution in [3.8, 4) is 78.7 Å². The van der Waals surface area contributed by atoms with Gasteiger partial charge < -0.3 is 29.9 Å². The van der Waals surface area contributed by atoms with Gasteiger partial charge in [0.25, 0.3) is 0 Å². The first-order valence-electron chi connectivity index (χ1n) is 31.9. The number of hydrogen-bond donors (Lipinski definition) is 0. The fourth-order valence-corrected chi connectivity index (χ4v) is 13.3. The number of nitrogens with zero attached hydrogens (tertiary/aromatic N) is 6. The molecule has 458 valence electrons. The minimum Gasteiger partial charge on any atom is -0.332 e. The molecule has 6 nitrogen and oxygen atoms in total. The fraction of sp³-hybridized carbons (Fsp3) is 0.140. The van der Waals surface area contributed by atoms with Crippen molar-refractivity contribution < 1.29 is 40.2 Å². The van der Waals surface area contributed by atoms with Crippen LogP contribution in [-0.4, -0.2) is 29.9 Å². The summed E-state index contributed by atoms with van der Waals surface area (Å²) in [6.07, 6.45) is 36.3. The van der Waals surface area contributed by atoms with Crippen LogP contribution in [0.25, 0.3) is 103 Å². The smallest absolute Gasteiger partial charge is 0.332 e. The maximum Gasteiger partial charge on any atom is 3.00 e. The van der Waals surface area contributed by atoms with Gasteiger partial charge in [0.2, 0.25) is 0 Å². The predicted molar refractivity (Wildman–Crippen MR) is 373 cm³/mol. The number of pyridine rings is 4. The predicted octanol–water partition coefficient (Wildman–Crippen LogP) is 20.4. The van der Waals surface area contributed by atoms with Crippen molar-refractivity contribution in [1.29, 1.82) is 0 Å². The molecule has 0 radical (unpaired) electrons. The van der Waals surface area contributed by atoms with Crippen LogP contribution in [0.3, 0.4) is 0 Å². The van der Waals surface area contributed by atoms with Crippen molar-refractivity contribution in [2.24, 2.45) is 23.7 Å². The van der Waals surface area contributed by atoms with Crippen molar-refractivity contribution in [2.45, 2.75) is 50.4 Å². The number of rotatable bonds is 17. The first kappa shape index (κ1) is 64.6. The van der Waals surface area contributed by atoms with Gasteiger partial charge in [0, 0.05) is 42.7 Å². The van der Waals surface area contributed by atoms with E-state index in [4.69, 9.17) is 9.97 Å². The molecule has 7 aromatic carbocycles. The Balaban J connectivity index is 0.00000424. The second-order valence-corrected chi connectivity index (χ2v) is 24.2. The standard InChI is InChI=1S/C86H66N6.2Ir/c1-2-14-79(75-55-65(25-21-61-29-37-70(38-30-61)82-17-5-9-49-87-82)53-66(56-75)26-22-62-31-39-71(40-32-62)83-18-6-10-50-88-83)78(13-1)69-45-47-74(48-46-69)86-91-59-77(60-92-86)81-16-4-3-15-80(81)76-57-67(27-23-63-33-41-72(42-34-63)84-19-7-11-51-89-84)54-68(58-76)28-24-64-35-43-73(44-36-64)85-20-8-12-52-90-85;;/h1-37,39,41,43,45-46,49-52,59-60,65-68,75-76H,53-58H2;;/q-6;2*+3/b25-21-,26-22?,27-23-,28-24-;;. The quantitative estimate of drug-likeness (QED) is 0.0846. The van der Waals surface area contributed by atoms with Crippen molar-refractivity contribution >= 4 is 24.3 Å². The topological polar surface area (TPSA) is 77.3 Å². The molecule has 94 heavy (non-hydrogen) atoms. The minimum atomic E-state index is 0. The van der Waals surface area contributed by atoms with Crippen molar-refractivity contribution in [2.75, 3.05) is 0 Å². The van der Waals surface area contributed by atoms with E-state index in [-0.39, 0.29) is 40.2 Å². The molecule has 2 saturated carbocycles. The Morgan fingerprint density at radius 1 is 0.298 bits per heavy atom. The number of benzene rings is 7. The summed E-state index contributed by atoms with van der Waals surface area (Å²) in [4.78, 5) is 28.2. The zero-order valence-electron chi connectivity index (χ0n) is 51.8. The van der Waals surface area contributed by atoms with Gasteiger partial charge in [-0.25, -0.2) is 17.7 Å². The summed E-state index contributed by atoms with van der Waals surface area (Å²) in [5, 5.41) is 0. The normalized spacial score (nSPS) is 18.0. The first-order valence-corrected chi connectivity index (χ1v) is 31.9. The van der Waals surface area contributed by atoms with Crippen LogP contribution >= 0.6 is 0 Å². The second-order valence-electron chi connectivity index (χ2n) is 24.2. The van der Waals surface area contributed by atoms with Gasteiger partial charge in [0.15, 0.2) is 0 Å². The summed E-state index contributed by atoms with van der Waals surface area (Å²) in [5.41, 5.74) is 20.0. The summed E-state index contributed by atoms with van der Waals surface area (Å²) < 4.78 is 0. The third kappa shape index (κ3) is 16.1. The molecule has 0 N–H and O–H groups in total. The van der Waals surface area contributed by atoms with Gasteiger partial charge in [-0.2, -0.15) is 5.56 Å². The zero-order valence-corrected chi connectivity index (χ0v) is 56.6. The third-order valence-electron chi connectivity index (χ3n) is 18.0. The molecule has 0 bridgehead atoms. The van der Waals surface area contributed by atoms with Crippen LogP contribution in [0.4, 0.5) is 0 Å². The molecule has 5 heterocycles. The molecule has 2 fully saturated rings. The maximum absolute atomic E-state index is 5.01. The molecule has 12 aromatic rings. The van der Waals surface area contributed by atoms with E-state index in [1.165, 1.54) is 16.7 Å². The van der Waals surface area contributed by atoms with E-state index in [2.05, 4.69) is 238 Å². The molecule has 5 unspecified atom stereocenters. The van der Waals surface area contributed by atoms with E-state index < -0.39 is 0 Å². The second kappa shape index (κ2) is 31.4. The van der Waals surface area contributed by atoms with Gasteiger partial charge >= 0.3 is 40.2 Å². The minimum absolute atomic E-state index is 0. The molecule has 0 saturated heterocycles. The summed E-state index contributed by atoms with van der Waals surface area (Å²) in [5.74, 6) is 2.64. The summed E-state index contributed by atoms with van der Waals surface area (Å²) in [6.45, 7) is 0. The average molecular weight is 1570 g/mol. The van der Waals surface area contributed by atoms with Gasteiger partial charge in [-0.15, -0.1) is 166 Å². The summed E-state index contributed by atoms with van der Waals surface area (Å²) in [6, 6.07) is 92.3. The van der Waals surface area contributed by atoms with E-state index in [1.807, 2.05) is 110 Å². The molecular weight excluding hydrogens is 1500 g/mol. The number of aromatic nitrogens is 6. The Hall–Kier alpha value is -9.52. The van der Waals surface area contributed by atoms with Gasteiger partial charge in [-0.1, -0.05) is 132 Å². The van der Waals surface area contributed by atoms with Gasteiger partial charge in [-0.3, -0.25) is 12.1 Å². The SMILES string of the molecule is [Ir+3].[Ir+3].[c-]1cc(-c2ccccc2C2CC(C=Cc3c[c-]c(-c4ccccn4)cc3)CC(/C=C\c3c[c-]c(-c4ccccn4)cc3)C2)c[c-]c1-c1ncc(-c2ccccc2C2CC(/C=C\c3c[c-]c(-c4ccccn4)cc3)CC(/C=C\c3c[c-]c(-c4ccccn4)cc3)C2)cn1. The van der Waals surface area contributed by atoms with E-state index in [9.17, 15) is 0 Å². The molecule has 2 aliphatic carbocycles. The Labute approximate surface area is 580 Å². The van der Waals surface area contributed by atoms with Crippen LogP contribution in [0.2, 0.25) is 0 Å². The van der Waals surface area contributed by atoms with Crippen LogP contribution in [0.1, 0.15) is 83.7 Å². The maximum atomic E-state index is 5.01. The molecule has 0 amide bonds. The third-order valence-corrected chi connectivity index (χ3v) is 18.0. The zero-order chi connectivity index (χ0) is 61.7. The van der Waals surface area contributed by atoms with Gasteiger partial charge in [0.1, 0.15) is 0 Å². The van der Waals surface area contributed by atoms with Crippen LogP contribution in [0.15, 0.2) is 268 Å². The van der Waals surface area contributed by atoms with Crippen LogP contribution in [0, 0.1) is 60.1 Å². The fourth-order valence-electron chi connectivity index (χ4n) is 13.3. The largest absolute Gasteiger partial charge is 3.00 e. The van der Waals surface area contributed by atoms with Gasteiger partial charge in [-0.05, 0) is 138 Å². The average Bonchev–Trinajstić information content (AvgIpc) is 1.19. The Morgan fingerprint density at radius 3 is 0.926 bits per heavy atom. The van der Waals surface area contributed by atoms with Crippen LogP contribution in [-0.2, 0) is 40.2 Å². The van der Waals surface area contributed by atoms with Crippen molar-refractivity contribution in [3.63, 3.8) is 0 Å². The van der Waals surface area contributed by atoms with E-state index >= 15 is 0 Å². The number of allylic oxidation sites excluding steroid dienone is 4. The van der Waals surface area contributed by atoms with Crippen molar-refractivity contribution in [1.82, 2.24) is 29.9 Å². The molecular formula is C86H66Ir2N6. The summed E-state index contributed by atoms with van der Waals surface area (Å²) >= 11 is 0. The molecule has 2 aliphatic rings. The van der Waals surface area contributed by atoms with Gasteiger partial charge in [0.05, 0.1) is 0 Å². The molecule has 0 spiro atoms. The Morgan fingerprint density at radius 2 is 0.617 bits per heavy atom. The van der Waals surface area contributed by atoms with E-state index in [0.29, 0.717) is 41.3 Å². The molecule has 8 heteroatoms. The molecule has 5 aromatic heterocycles. The van der Waals surface area contributed by atoms with Crippen LogP contribution in [0.5, 0.6) is 0 Å². The van der Waals surface area contributed by atoms with E-state index in [0.717, 1.165) is 128 Å².